The highest BCUT2D eigenvalue weighted by Crippen LogP contribution is 2.18. The molecule has 0 bridgehead atoms. The summed E-state index contributed by atoms with van der Waals surface area (Å²) in [7, 11) is 0. The van der Waals surface area contributed by atoms with Crippen LogP contribution in [0.3, 0.4) is 0 Å². The second-order valence-corrected chi connectivity index (χ2v) is 4.23. The van der Waals surface area contributed by atoms with Crippen LogP contribution in [0.2, 0.25) is 0 Å². The molecule has 1 aromatic rings. The number of hydrogen-bond acceptors (Lipinski definition) is 1. The van der Waals surface area contributed by atoms with Crippen LogP contribution in [-0.2, 0) is 0 Å². The smallest absolute Gasteiger partial charge is 0.152 e. The monoisotopic (exact) mass is 376 g/mol. The Morgan fingerprint density at radius 2 is 1.73 bits per heavy atom. The summed E-state index contributed by atoms with van der Waals surface area (Å²) < 4.78 is 13.9. The minimum absolute atomic E-state index is 0.301. The molecule has 1 aromatic carbocycles. The lowest BCUT2D eigenvalue weighted by Gasteiger charge is -1.98. The van der Waals surface area contributed by atoms with Crippen molar-refractivity contribution in [1.29, 1.82) is 0 Å². The molecule has 0 atom stereocenters. The van der Waals surface area contributed by atoms with Gasteiger partial charge >= 0.3 is 0 Å². The average Bonchev–Trinajstić information content (AvgIpc) is 1.85. The molecule has 0 N–H and O–H groups in total. The first-order chi connectivity index (χ1) is 5.15. The molecule has 0 heterocycles. The molecule has 0 saturated heterocycles. The number of rotatable bonds is 1. The van der Waals surface area contributed by atoms with E-state index in [2.05, 4.69) is 0 Å². The van der Waals surface area contributed by atoms with Gasteiger partial charge in [-0.1, -0.05) is 0 Å². The van der Waals surface area contributed by atoms with E-state index in [9.17, 15) is 9.18 Å². The van der Waals surface area contributed by atoms with Gasteiger partial charge in [0.25, 0.3) is 0 Å². The minimum atomic E-state index is -0.301. The molecule has 0 amide bonds. The van der Waals surface area contributed by atoms with Gasteiger partial charge in [-0.2, -0.15) is 0 Å². The summed E-state index contributed by atoms with van der Waals surface area (Å²) in [6.45, 7) is 0. The lowest BCUT2D eigenvalue weighted by atomic mass is 10.2. The number of carbonyl (C=O) groups excluding carboxylic acids is 1. The van der Waals surface area contributed by atoms with Crippen LogP contribution in [0.4, 0.5) is 4.39 Å². The Bertz CT molecular complexity index is 275. The summed E-state index contributed by atoms with van der Waals surface area (Å²) in [6, 6.07) is 2.68. The number of hydrogen-bond donors (Lipinski definition) is 0. The maximum absolute atomic E-state index is 12.6. The molecular formula is C7H3FI2O. The molecule has 0 unspecified atom stereocenters. The normalized spacial score (nSPS) is 9.73. The van der Waals surface area contributed by atoms with E-state index < -0.39 is 0 Å². The maximum Gasteiger partial charge on any atom is 0.152 e. The van der Waals surface area contributed by atoms with Gasteiger partial charge in [-0.25, -0.2) is 4.39 Å². The largest absolute Gasteiger partial charge is 0.298 e. The third-order valence-electron chi connectivity index (χ3n) is 1.16. The highest BCUT2D eigenvalue weighted by Gasteiger charge is 2.05. The van der Waals surface area contributed by atoms with Gasteiger partial charge < -0.3 is 0 Å². The Morgan fingerprint density at radius 1 is 1.27 bits per heavy atom. The van der Waals surface area contributed by atoms with Crippen molar-refractivity contribution in [3.05, 3.63) is 30.7 Å². The summed E-state index contributed by atoms with van der Waals surface area (Å²) in [5.41, 5.74) is 0.563. The van der Waals surface area contributed by atoms with Crippen LogP contribution in [0.1, 0.15) is 10.4 Å². The van der Waals surface area contributed by atoms with E-state index in [4.69, 9.17) is 0 Å². The maximum atomic E-state index is 12.6. The van der Waals surface area contributed by atoms with Crippen LogP contribution in [0, 0.1) is 13.0 Å². The summed E-state index contributed by atoms with van der Waals surface area (Å²) in [5, 5.41) is 0. The molecule has 0 aliphatic rings. The zero-order valence-corrected chi connectivity index (χ0v) is 9.59. The lowest BCUT2D eigenvalue weighted by molar-refractivity contribution is 0.112. The van der Waals surface area contributed by atoms with Gasteiger partial charge in [0.1, 0.15) is 5.82 Å². The van der Waals surface area contributed by atoms with E-state index >= 15 is 0 Å². The van der Waals surface area contributed by atoms with Crippen molar-refractivity contribution < 1.29 is 9.18 Å². The van der Waals surface area contributed by atoms with E-state index in [0.29, 0.717) is 12.7 Å². The van der Waals surface area contributed by atoms with Crippen LogP contribution in [-0.4, -0.2) is 6.29 Å². The summed E-state index contributed by atoms with van der Waals surface area (Å²) in [4.78, 5) is 10.4. The fraction of sp³-hybridized carbons (Fsp3) is 0. The van der Waals surface area contributed by atoms with Crippen molar-refractivity contribution in [1.82, 2.24) is 0 Å². The van der Waals surface area contributed by atoms with E-state index in [0.717, 1.165) is 6.29 Å². The van der Waals surface area contributed by atoms with Crippen molar-refractivity contribution in [2.24, 2.45) is 0 Å². The Balaban J connectivity index is 3.36. The van der Waals surface area contributed by atoms with E-state index in [1.54, 1.807) is 0 Å². The van der Waals surface area contributed by atoms with Gasteiger partial charge in [-0.15, -0.1) is 0 Å². The minimum Gasteiger partial charge on any atom is -0.298 e. The molecule has 11 heavy (non-hydrogen) atoms. The van der Waals surface area contributed by atoms with Crippen LogP contribution < -0.4 is 0 Å². The van der Waals surface area contributed by atoms with Gasteiger partial charge in [-0.05, 0) is 57.3 Å². The van der Waals surface area contributed by atoms with Gasteiger partial charge in [0.2, 0.25) is 0 Å². The SMILES string of the molecule is O=Cc1c(I)cc(F)cc1I. The molecule has 0 radical (unpaired) electrons. The number of aldehydes is 1. The Morgan fingerprint density at radius 3 is 2.09 bits per heavy atom. The Hall–Kier alpha value is 0.280. The van der Waals surface area contributed by atoms with Gasteiger partial charge in [0, 0.05) is 12.7 Å². The molecule has 0 aliphatic heterocycles. The van der Waals surface area contributed by atoms with Crippen LogP contribution in [0.15, 0.2) is 12.1 Å². The molecule has 0 saturated carbocycles. The summed E-state index contributed by atoms with van der Waals surface area (Å²) in [5.74, 6) is -0.301. The topological polar surface area (TPSA) is 17.1 Å². The Kier molecular flexibility index (Phi) is 3.23. The van der Waals surface area contributed by atoms with Gasteiger partial charge in [0.15, 0.2) is 6.29 Å². The van der Waals surface area contributed by atoms with E-state index in [-0.39, 0.29) is 5.82 Å². The summed E-state index contributed by atoms with van der Waals surface area (Å²) >= 11 is 3.87. The number of benzene rings is 1. The predicted octanol–water partition coefficient (Wildman–Crippen LogP) is 2.85. The molecule has 0 spiro atoms. The fourth-order valence-corrected chi connectivity index (χ4v) is 2.61. The van der Waals surface area contributed by atoms with E-state index in [1.807, 2.05) is 45.2 Å². The number of carbonyl (C=O) groups is 1. The molecule has 0 aliphatic carbocycles. The number of halogens is 3. The molecule has 1 nitrogen and oxygen atoms in total. The molecule has 58 valence electrons. The van der Waals surface area contributed by atoms with Crippen molar-refractivity contribution in [3.63, 3.8) is 0 Å². The zero-order valence-electron chi connectivity index (χ0n) is 5.27. The first kappa shape index (κ1) is 9.37. The second kappa shape index (κ2) is 3.79. The molecule has 0 aromatic heterocycles. The van der Waals surface area contributed by atoms with E-state index in [1.165, 1.54) is 12.1 Å². The van der Waals surface area contributed by atoms with Gasteiger partial charge in [0.05, 0.1) is 0 Å². The fourth-order valence-electron chi connectivity index (χ4n) is 0.666. The zero-order chi connectivity index (χ0) is 8.43. The Labute approximate surface area is 90.6 Å². The summed E-state index contributed by atoms with van der Waals surface area (Å²) in [6.07, 6.45) is 0.739. The molecular weight excluding hydrogens is 373 g/mol. The highest BCUT2D eigenvalue weighted by molar-refractivity contribution is 14.1. The predicted molar refractivity (Wildman–Crippen MR) is 57.2 cm³/mol. The molecule has 4 heteroatoms. The van der Waals surface area contributed by atoms with Crippen LogP contribution in [0.25, 0.3) is 0 Å². The van der Waals surface area contributed by atoms with Crippen LogP contribution >= 0.6 is 45.2 Å². The first-order valence-corrected chi connectivity index (χ1v) is 4.90. The third kappa shape index (κ3) is 2.11. The molecule has 0 fully saturated rings. The van der Waals surface area contributed by atoms with Gasteiger partial charge in [-0.3, -0.25) is 4.79 Å². The van der Waals surface area contributed by atoms with Crippen molar-refractivity contribution in [2.75, 3.05) is 0 Å². The molecule has 1 rings (SSSR count). The van der Waals surface area contributed by atoms with Crippen molar-refractivity contribution in [2.45, 2.75) is 0 Å². The highest BCUT2D eigenvalue weighted by atomic mass is 127. The average molecular weight is 376 g/mol. The standard InChI is InChI=1S/C7H3FI2O/c8-4-1-6(9)5(3-11)7(10)2-4/h1-3H. The van der Waals surface area contributed by atoms with Crippen molar-refractivity contribution in [3.8, 4) is 0 Å². The van der Waals surface area contributed by atoms with Crippen molar-refractivity contribution >= 4 is 51.5 Å². The quantitative estimate of drug-likeness (QED) is 0.545. The second-order valence-electron chi connectivity index (χ2n) is 1.90. The third-order valence-corrected chi connectivity index (χ3v) is 2.95. The van der Waals surface area contributed by atoms with Crippen LogP contribution in [0.5, 0.6) is 0 Å². The lowest BCUT2D eigenvalue weighted by Crippen LogP contribution is -1.92. The first-order valence-electron chi connectivity index (χ1n) is 2.75.